The molecule has 1 aliphatic heterocycles. The van der Waals surface area contributed by atoms with Crippen molar-refractivity contribution >= 4 is 0 Å². The van der Waals surface area contributed by atoms with Gasteiger partial charge >= 0.3 is 0 Å². The van der Waals surface area contributed by atoms with Crippen molar-refractivity contribution in [2.45, 2.75) is 25.2 Å². The van der Waals surface area contributed by atoms with Crippen LogP contribution in [0.2, 0.25) is 0 Å². The monoisotopic (exact) mass is 401 g/mol. The standard InChI is InChI=1S/C23H23N5O2/c24-15-17-3-1-5-19(13-17)29-12-11-28-9-6-23(7-10-28)14-20(23)22-26-21(27-30-22)18-4-2-8-25-16-18/h1-5,8,13,16,20H,6-7,9-12,14H2. The fourth-order valence-electron chi connectivity index (χ4n) is 4.41. The van der Waals surface area contributed by atoms with Crippen molar-refractivity contribution in [1.29, 1.82) is 5.26 Å². The lowest BCUT2D eigenvalue weighted by Gasteiger charge is -2.32. The highest BCUT2D eigenvalue weighted by Crippen LogP contribution is 2.64. The van der Waals surface area contributed by atoms with Crippen LogP contribution in [0.25, 0.3) is 11.4 Å². The van der Waals surface area contributed by atoms with Crippen LogP contribution < -0.4 is 4.74 Å². The molecule has 0 bridgehead atoms. The van der Waals surface area contributed by atoms with Gasteiger partial charge in [-0.3, -0.25) is 9.88 Å². The van der Waals surface area contributed by atoms with Gasteiger partial charge in [0.2, 0.25) is 11.7 Å². The van der Waals surface area contributed by atoms with Gasteiger partial charge in [0, 0.05) is 30.4 Å². The summed E-state index contributed by atoms with van der Waals surface area (Å²) >= 11 is 0. The van der Waals surface area contributed by atoms with Crippen LogP contribution in [-0.2, 0) is 0 Å². The highest BCUT2D eigenvalue weighted by molar-refractivity contribution is 5.52. The molecule has 2 aliphatic rings. The smallest absolute Gasteiger partial charge is 0.230 e. The molecule has 0 N–H and O–H groups in total. The molecule has 0 amide bonds. The van der Waals surface area contributed by atoms with E-state index in [1.54, 1.807) is 24.5 Å². The highest BCUT2D eigenvalue weighted by atomic mass is 16.5. The van der Waals surface area contributed by atoms with Crippen LogP contribution in [0.3, 0.4) is 0 Å². The summed E-state index contributed by atoms with van der Waals surface area (Å²) < 4.78 is 11.4. The molecule has 2 aromatic heterocycles. The molecule has 152 valence electrons. The molecular formula is C23H23N5O2. The van der Waals surface area contributed by atoms with E-state index in [4.69, 9.17) is 14.5 Å². The van der Waals surface area contributed by atoms with Gasteiger partial charge in [-0.15, -0.1) is 0 Å². The van der Waals surface area contributed by atoms with Gasteiger partial charge in [0.05, 0.1) is 11.6 Å². The van der Waals surface area contributed by atoms with E-state index in [-0.39, 0.29) is 0 Å². The molecule has 0 radical (unpaired) electrons. The van der Waals surface area contributed by atoms with Gasteiger partial charge in [-0.25, -0.2) is 0 Å². The van der Waals surface area contributed by atoms with E-state index in [9.17, 15) is 0 Å². The van der Waals surface area contributed by atoms with E-state index in [2.05, 4.69) is 26.1 Å². The Morgan fingerprint density at radius 1 is 1.23 bits per heavy atom. The maximum absolute atomic E-state index is 8.98. The lowest BCUT2D eigenvalue weighted by molar-refractivity contribution is 0.141. The van der Waals surface area contributed by atoms with E-state index < -0.39 is 0 Å². The minimum Gasteiger partial charge on any atom is -0.492 e. The first kappa shape index (κ1) is 18.8. The number of piperidine rings is 1. The van der Waals surface area contributed by atoms with Crippen molar-refractivity contribution in [3.05, 3.63) is 60.2 Å². The fraction of sp³-hybridized carbons (Fsp3) is 0.391. The third-order valence-corrected chi connectivity index (χ3v) is 6.34. The lowest BCUT2D eigenvalue weighted by Crippen LogP contribution is -2.37. The summed E-state index contributed by atoms with van der Waals surface area (Å²) in [5.74, 6) is 2.52. The second-order valence-corrected chi connectivity index (χ2v) is 8.15. The number of nitrogens with zero attached hydrogens (tertiary/aromatic N) is 5. The summed E-state index contributed by atoms with van der Waals surface area (Å²) in [6.07, 6.45) is 6.92. The van der Waals surface area contributed by atoms with Gasteiger partial charge in [-0.1, -0.05) is 11.2 Å². The number of likely N-dealkylation sites (tertiary alicyclic amines) is 1. The number of hydrogen-bond acceptors (Lipinski definition) is 7. The molecule has 1 atom stereocenters. The van der Waals surface area contributed by atoms with Gasteiger partial charge in [0.1, 0.15) is 12.4 Å². The Balaban J connectivity index is 1.11. The first-order valence-electron chi connectivity index (χ1n) is 10.4. The van der Waals surface area contributed by atoms with Crippen molar-refractivity contribution in [3.63, 3.8) is 0 Å². The van der Waals surface area contributed by atoms with Crippen LogP contribution in [-0.4, -0.2) is 46.3 Å². The molecule has 1 unspecified atom stereocenters. The fourth-order valence-corrected chi connectivity index (χ4v) is 4.41. The average molecular weight is 401 g/mol. The van der Waals surface area contributed by atoms with Crippen molar-refractivity contribution in [2.75, 3.05) is 26.2 Å². The number of ether oxygens (including phenoxy) is 1. The van der Waals surface area contributed by atoms with Crippen LogP contribution in [0, 0.1) is 16.7 Å². The van der Waals surface area contributed by atoms with Crippen LogP contribution >= 0.6 is 0 Å². The summed E-state index contributed by atoms with van der Waals surface area (Å²) in [4.78, 5) is 11.2. The molecule has 7 heteroatoms. The number of pyridine rings is 1. The minimum atomic E-state index is 0.317. The number of aromatic nitrogens is 3. The predicted molar refractivity (Wildman–Crippen MR) is 110 cm³/mol. The Morgan fingerprint density at radius 3 is 2.93 bits per heavy atom. The maximum Gasteiger partial charge on any atom is 0.230 e. The molecule has 1 saturated heterocycles. The Labute approximate surface area is 175 Å². The zero-order chi connectivity index (χ0) is 20.4. The Kier molecular flexibility index (Phi) is 4.93. The molecule has 30 heavy (non-hydrogen) atoms. The van der Waals surface area contributed by atoms with Crippen LogP contribution in [0.1, 0.15) is 36.6 Å². The van der Waals surface area contributed by atoms with E-state index >= 15 is 0 Å². The molecule has 5 rings (SSSR count). The molecule has 2 fully saturated rings. The second kappa shape index (κ2) is 7.88. The first-order valence-corrected chi connectivity index (χ1v) is 10.4. The Hall–Kier alpha value is -3.24. The third-order valence-electron chi connectivity index (χ3n) is 6.34. The van der Waals surface area contributed by atoms with Crippen molar-refractivity contribution in [2.24, 2.45) is 5.41 Å². The summed E-state index contributed by atoms with van der Waals surface area (Å²) in [5.41, 5.74) is 1.83. The molecule has 1 aromatic carbocycles. The van der Waals surface area contributed by atoms with E-state index in [1.165, 1.54) is 0 Å². The average Bonchev–Trinajstić information content (AvgIpc) is 3.27. The largest absolute Gasteiger partial charge is 0.492 e. The van der Waals surface area contributed by atoms with Crippen molar-refractivity contribution < 1.29 is 9.26 Å². The zero-order valence-corrected chi connectivity index (χ0v) is 16.7. The van der Waals surface area contributed by atoms with Crippen LogP contribution in [0.15, 0.2) is 53.3 Å². The van der Waals surface area contributed by atoms with Crippen LogP contribution in [0.4, 0.5) is 0 Å². The first-order chi connectivity index (χ1) is 14.8. The topological polar surface area (TPSA) is 88.1 Å². The number of nitriles is 1. The second-order valence-electron chi connectivity index (χ2n) is 8.15. The van der Waals surface area contributed by atoms with Gasteiger partial charge in [-0.05, 0) is 68.1 Å². The lowest BCUT2D eigenvalue weighted by atomic mass is 9.91. The minimum absolute atomic E-state index is 0.317. The highest BCUT2D eigenvalue weighted by Gasteiger charge is 2.58. The molecule has 3 heterocycles. The quantitative estimate of drug-likeness (QED) is 0.623. The summed E-state index contributed by atoms with van der Waals surface area (Å²) in [5, 5.41) is 13.1. The van der Waals surface area contributed by atoms with Crippen molar-refractivity contribution in [3.8, 4) is 23.2 Å². The Bertz CT molecular complexity index is 1050. The summed E-state index contributed by atoms with van der Waals surface area (Å²) in [7, 11) is 0. The summed E-state index contributed by atoms with van der Waals surface area (Å²) in [6, 6.07) is 13.3. The molecule has 3 aromatic rings. The zero-order valence-electron chi connectivity index (χ0n) is 16.7. The van der Waals surface area contributed by atoms with Crippen LogP contribution in [0.5, 0.6) is 5.75 Å². The SMILES string of the molecule is N#Cc1cccc(OCCN2CCC3(CC2)CC3c2nc(-c3cccnc3)no2)c1. The normalized spacial score (nSPS) is 20.0. The van der Waals surface area contributed by atoms with Gasteiger partial charge in [-0.2, -0.15) is 10.2 Å². The molecule has 1 aliphatic carbocycles. The van der Waals surface area contributed by atoms with Crippen molar-refractivity contribution in [1.82, 2.24) is 20.0 Å². The van der Waals surface area contributed by atoms with E-state index in [0.29, 0.717) is 29.3 Å². The van der Waals surface area contributed by atoms with Gasteiger partial charge < -0.3 is 9.26 Å². The summed E-state index contributed by atoms with van der Waals surface area (Å²) in [6.45, 7) is 3.63. The third kappa shape index (κ3) is 3.79. The number of hydrogen-bond donors (Lipinski definition) is 0. The molecule has 1 spiro atoms. The van der Waals surface area contributed by atoms with Gasteiger partial charge in [0.15, 0.2) is 0 Å². The van der Waals surface area contributed by atoms with E-state index in [0.717, 1.165) is 56.1 Å². The molecular weight excluding hydrogens is 378 g/mol. The molecule has 1 saturated carbocycles. The van der Waals surface area contributed by atoms with Gasteiger partial charge in [0.25, 0.3) is 0 Å². The number of benzene rings is 1. The van der Waals surface area contributed by atoms with E-state index in [1.807, 2.05) is 24.3 Å². The Morgan fingerprint density at radius 2 is 2.13 bits per heavy atom. The maximum atomic E-state index is 8.98. The predicted octanol–water partition coefficient (Wildman–Crippen LogP) is 3.65. The molecule has 7 nitrogen and oxygen atoms in total. The number of rotatable bonds is 6.